The van der Waals surface area contributed by atoms with Gasteiger partial charge in [0, 0.05) is 6.42 Å². The summed E-state index contributed by atoms with van der Waals surface area (Å²) in [6.45, 7) is 0. The summed E-state index contributed by atoms with van der Waals surface area (Å²) < 4.78 is 0. The quantitative estimate of drug-likeness (QED) is 0.581. The smallest absolute Gasteiger partial charge is 0.0678 e. The van der Waals surface area contributed by atoms with Crippen LogP contribution in [0.25, 0.3) is 0 Å². The van der Waals surface area contributed by atoms with Crippen LogP contribution in [0, 0.1) is 24.2 Å². The van der Waals surface area contributed by atoms with Crippen LogP contribution >= 0.6 is 0 Å². The zero-order chi connectivity index (χ0) is 12.8. The zero-order valence-electron chi connectivity index (χ0n) is 11.7. The van der Waals surface area contributed by atoms with Gasteiger partial charge in [0.1, 0.15) is 0 Å². The minimum absolute atomic E-state index is 0.392. The average Bonchev–Trinajstić information content (AvgIpc) is 2.40. The van der Waals surface area contributed by atoms with Gasteiger partial charge in [-0.3, -0.25) is 0 Å². The second-order valence-corrected chi connectivity index (χ2v) is 6.41. The van der Waals surface area contributed by atoms with Gasteiger partial charge in [0.2, 0.25) is 0 Å². The first-order chi connectivity index (χ1) is 8.76. The summed E-state index contributed by atoms with van der Waals surface area (Å²) in [7, 11) is 0. The number of hydrogen-bond acceptors (Lipinski definition) is 1. The summed E-state index contributed by atoms with van der Waals surface area (Å²) in [5.41, 5.74) is -0.392. The Balaban J connectivity index is 1.97. The molecule has 0 aromatic carbocycles. The average molecular weight is 248 g/mol. The number of aliphatic hydroxyl groups is 1. The Morgan fingerprint density at radius 2 is 1.78 bits per heavy atom. The van der Waals surface area contributed by atoms with E-state index in [1.165, 1.54) is 51.4 Å². The second kappa shape index (κ2) is 6.62. The largest absolute Gasteiger partial charge is 0.390 e. The van der Waals surface area contributed by atoms with E-state index in [-0.39, 0.29) is 0 Å². The van der Waals surface area contributed by atoms with Crippen LogP contribution in [0.15, 0.2) is 0 Å². The Morgan fingerprint density at radius 1 is 1.06 bits per heavy atom. The molecule has 0 spiro atoms. The summed E-state index contributed by atoms with van der Waals surface area (Å²) >= 11 is 0. The van der Waals surface area contributed by atoms with Gasteiger partial charge in [-0.1, -0.05) is 44.9 Å². The van der Waals surface area contributed by atoms with Crippen LogP contribution in [-0.2, 0) is 0 Å². The van der Waals surface area contributed by atoms with Gasteiger partial charge < -0.3 is 5.11 Å². The molecule has 1 heteroatoms. The van der Waals surface area contributed by atoms with Gasteiger partial charge in [-0.05, 0) is 37.5 Å². The van der Waals surface area contributed by atoms with Crippen LogP contribution in [0.3, 0.4) is 0 Å². The van der Waals surface area contributed by atoms with E-state index in [4.69, 9.17) is 6.42 Å². The molecule has 1 nitrogen and oxygen atoms in total. The van der Waals surface area contributed by atoms with Gasteiger partial charge in [0.25, 0.3) is 0 Å². The number of rotatable bonds is 4. The van der Waals surface area contributed by atoms with Crippen LogP contribution in [0.4, 0.5) is 0 Å². The van der Waals surface area contributed by atoms with Crippen molar-refractivity contribution in [2.45, 2.75) is 82.7 Å². The molecular weight excluding hydrogens is 220 g/mol. The molecule has 0 saturated heterocycles. The lowest BCUT2D eigenvalue weighted by Gasteiger charge is -2.45. The molecular formula is C17H28O. The highest BCUT2D eigenvalue weighted by atomic mass is 16.3. The van der Waals surface area contributed by atoms with E-state index in [0.29, 0.717) is 5.92 Å². The van der Waals surface area contributed by atoms with E-state index in [1.54, 1.807) is 0 Å². The molecule has 0 amide bonds. The minimum Gasteiger partial charge on any atom is -0.390 e. The normalized spacial score (nSPS) is 34.1. The molecule has 0 aliphatic heterocycles. The minimum atomic E-state index is -0.392. The molecule has 0 aromatic heterocycles. The van der Waals surface area contributed by atoms with Crippen LogP contribution in [0.5, 0.6) is 0 Å². The highest BCUT2D eigenvalue weighted by molar-refractivity contribution is 4.95. The van der Waals surface area contributed by atoms with Gasteiger partial charge in [0.15, 0.2) is 0 Å². The van der Waals surface area contributed by atoms with Crippen molar-refractivity contribution in [3.05, 3.63) is 0 Å². The van der Waals surface area contributed by atoms with E-state index in [9.17, 15) is 5.11 Å². The highest BCUT2D eigenvalue weighted by Crippen LogP contribution is 2.45. The molecule has 2 atom stereocenters. The maximum Gasteiger partial charge on any atom is 0.0678 e. The molecule has 2 saturated carbocycles. The summed E-state index contributed by atoms with van der Waals surface area (Å²) in [4.78, 5) is 0. The molecule has 2 aliphatic carbocycles. The Labute approximate surface area is 112 Å². The number of hydrogen-bond donors (Lipinski definition) is 1. The molecule has 2 fully saturated rings. The van der Waals surface area contributed by atoms with Crippen molar-refractivity contribution in [3.8, 4) is 12.3 Å². The predicted octanol–water partition coefficient (Wildman–Crippen LogP) is 4.29. The fourth-order valence-electron chi connectivity index (χ4n) is 4.27. The Kier molecular flexibility index (Phi) is 5.13. The van der Waals surface area contributed by atoms with E-state index >= 15 is 0 Å². The third-order valence-corrected chi connectivity index (χ3v) is 5.21. The Hall–Kier alpha value is -0.480. The zero-order valence-corrected chi connectivity index (χ0v) is 11.7. The van der Waals surface area contributed by atoms with Crippen molar-refractivity contribution in [1.29, 1.82) is 0 Å². The molecule has 0 aromatic rings. The lowest BCUT2D eigenvalue weighted by molar-refractivity contribution is -0.0837. The fraction of sp³-hybridized carbons (Fsp3) is 0.882. The van der Waals surface area contributed by atoms with Gasteiger partial charge >= 0.3 is 0 Å². The molecule has 2 unspecified atom stereocenters. The van der Waals surface area contributed by atoms with Crippen molar-refractivity contribution in [2.24, 2.45) is 11.8 Å². The Bertz CT molecular complexity index is 284. The van der Waals surface area contributed by atoms with Gasteiger partial charge in [0.05, 0.1) is 5.60 Å². The summed E-state index contributed by atoms with van der Waals surface area (Å²) in [6, 6.07) is 0. The van der Waals surface area contributed by atoms with Crippen molar-refractivity contribution in [3.63, 3.8) is 0 Å². The van der Waals surface area contributed by atoms with E-state index in [0.717, 1.165) is 31.6 Å². The van der Waals surface area contributed by atoms with Crippen molar-refractivity contribution < 1.29 is 5.11 Å². The fourth-order valence-corrected chi connectivity index (χ4v) is 4.27. The van der Waals surface area contributed by atoms with Gasteiger partial charge in [-0.2, -0.15) is 0 Å². The number of terminal acetylenes is 1. The third-order valence-electron chi connectivity index (χ3n) is 5.21. The van der Waals surface area contributed by atoms with Crippen LogP contribution < -0.4 is 0 Å². The summed E-state index contributed by atoms with van der Waals surface area (Å²) in [5.74, 6) is 4.05. The maximum atomic E-state index is 11.0. The molecule has 2 aliphatic rings. The molecule has 2 rings (SSSR count). The van der Waals surface area contributed by atoms with Crippen molar-refractivity contribution in [1.82, 2.24) is 0 Å². The molecule has 1 N–H and O–H groups in total. The lowest BCUT2D eigenvalue weighted by Crippen LogP contribution is -2.44. The topological polar surface area (TPSA) is 20.2 Å². The van der Waals surface area contributed by atoms with Crippen LogP contribution in [0.2, 0.25) is 0 Å². The summed E-state index contributed by atoms with van der Waals surface area (Å²) in [6.07, 6.45) is 19.7. The van der Waals surface area contributed by atoms with E-state index in [2.05, 4.69) is 5.92 Å². The third kappa shape index (κ3) is 3.29. The summed E-state index contributed by atoms with van der Waals surface area (Å²) in [5, 5.41) is 11.0. The van der Waals surface area contributed by atoms with Crippen molar-refractivity contribution in [2.75, 3.05) is 0 Å². The van der Waals surface area contributed by atoms with Gasteiger partial charge in [-0.15, -0.1) is 12.3 Å². The van der Waals surface area contributed by atoms with Crippen molar-refractivity contribution >= 4 is 0 Å². The lowest BCUT2D eigenvalue weighted by atomic mass is 9.64. The standard InChI is InChI=1S/C17H28O/c1-2-3-8-13-17(18)14-9-7-12-16(17)15-10-5-4-6-11-15/h1,15-16,18H,3-14H2. The second-order valence-electron chi connectivity index (χ2n) is 6.41. The van der Waals surface area contributed by atoms with E-state index in [1.807, 2.05) is 0 Å². The molecule has 0 bridgehead atoms. The number of unbranched alkanes of at least 4 members (excludes halogenated alkanes) is 1. The maximum absolute atomic E-state index is 11.0. The predicted molar refractivity (Wildman–Crippen MR) is 76.2 cm³/mol. The first-order valence-electron chi connectivity index (χ1n) is 7.92. The van der Waals surface area contributed by atoms with Crippen LogP contribution in [0.1, 0.15) is 77.0 Å². The molecule has 18 heavy (non-hydrogen) atoms. The first-order valence-corrected chi connectivity index (χ1v) is 7.92. The highest BCUT2D eigenvalue weighted by Gasteiger charge is 2.42. The molecule has 102 valence electrons. The monoisotopic (exact) mass is 248 g/mol. The molecule has 0 heterocycles. The van der Waals surface area contributed by atoms with Crippen LogP contribution in [-0.4, -0.2) is 10.7 Å². The Morgan fingerprint density at radius 3 is 2.50 bits per heavy atom. The van der Waals surface area contributed by atoms with Gasteiger partial charge in [-0.25, -0.2) is 0 Å². The SMILES string of the molecule is C#CCCCC1(O)CCCCC1C1CCCCC1. The van der Waals surface area contributed by atoms with E-state index < -0.39 is 5.60 Å². The molecule has 0 radical (unpaired) electrons. The first kappa shape index (κ1) is 13.9.